The van der Waals surface area contributed by atoms with Crippen LogP contribution in [0, 0.1) is 11.8 Å². The van der Waals surface area contributed by atoms with E-state index in [1.54, 1.807) is 0 Å². The van der Waals surface area contributed by atoms with Gasteiger partial charge >= 0.3 is 11.9 Å². The minimum atomic E-state index is -1.86. The molecule has 2 atom stereocenters. The number of carbonyl (C=O) groups is 6. The molecular weight excluding hydrogens is 248 g/mol. The van der Waals surface area contributed by atoms with Crippen molar-refractivity contribution in [3.63, 3.8) is 0 Å². The zero-order valence-corrected chi connectivity index (χ0v) is 8.83. The van der Waals surface area contributed by atoms with Crippen LogP contribution in [0.5, 0.6) is 0 Å². The van der Waals surface area contributed by atoms with Crippen molar-refractivity contribution in [3.05, 3.63) is 0 Å². The summed E-state index contributed by atoms with van der Waals surface area (Å²) in [4.78, 5) is 67.8. The Balaban J connectivity index is 2.21. The summed E-state index contributed by atoms with van der Waals surface area (Å²) in [6, 6.07) is 0. The molecule has 0 saturated carbocycles. The third-order valence-corrected chi connectivity index (χ3v) is 2.60. The van der Waals surface area contributed by atoms with Crippen LogP contribution in [-0.4, -0.2) is 48.3 Å². The third-order valence-electron chi connectivity index (χ3n) is 2.60. The number of ketones is 4. The Hall–Kier alpha value is -2.38. The fourth-order valence-electron chi connectivity index (χ4n) is 1.67. The van der Waals surface area contributed by atoms with Crippen molar-refractivity contribution in [1.29, 1.82) is 0 Å². The smallest absolute Gasteiger partial charge is 0.325 e. The average molecular weight is 254 g/mol. The van der Waals surface area contributed by atoms with Crippen molar-refractivity contribution in [2.75, 3.05) is 13.2 Å². The Labute approximate surface area is 99.2 Å². The summed E-state index contributed by atoms with van der Waals surface area (Å²) in [5.41, 5.74) is 0. The van der Waals surface area contributed by atoms with Gasteiger partial charge in [-0.15, -0.1) is 0 Å². The molecule has 8 nitrogen and oxygen atoms in total. The number of cyclic esters (lactones) is 2. The van der Waals surface area contributed by atoms with E-state index in [0.29, 0.717) is 0 Å². The summed E-state index contributed by atoms with van der Waals surface area (Å²) < 4.78 is 8.61. The molecular formula is C10H6O8. The largest absolute Gasteiger partial charge is 0.457 e. The van der Waals surface area contributed by atoms with Crippen molar-refractivity contribution >= 4 is 35.1 Å². The predicted molar refractivity (Wildman–Crippen MR) is 48.9 cm³/mol. The van der Waals surface area contributed by atoms with Crippen LogP contribution in [-0.2, 0) is 38.2 Å². The molecule has 0 amide bonds. The highest BCUT2D eigenvalue weighted by Gasteiger charge is 2.50. The molecule has 0 aromatic heterocycles. The normalized spacial score (nSPS) is 27.1. The minimum absolute atomic E-state index is 0.592. The Morgan fingerprint density at radius 2 is 1.11 bits per heavy atom. The maximum Gasteiger partial charge on any atom is 0.325 e. The fraction of sp³-hybridized carbons (Fsp3) is 0.400. The Bertz CT molecular complexity index is 424. The summed E-state index contributed by atoms with van der Waals surface area (Å²) in [6.07, 6.45) is 0. The van der Waals surface area contributed by atoms with Gasteiger partial charge in [0.25, 0.3) is 0 Å². The van der Waals surface area contributed by atoms with E-state index >= 15 is 0 Å². The maximum atomic E-state index is 11.6. The van der Waals surface area contributed by atoms with Gasteiger partial charge in [-0.05, 0) is 0 Å². The first-order chi connectivity index (χ1) is 8.43. The number of carbonyl (C=O) groups excluding carboxylic acids is 6. The van der Waals surface area contributed by atoms with Crippen LogP contribution >= 0.6 is 0 Å². The third kappa shape index (κ3) is 1.71. The lowest BCUT2D eigenvalue weighted by Gasteiger charge is -2.04. The van der Waals surface area contributed by atoms with E-state index in [4.69, 9.17) is 0 Å². The highest BCUT2D eigenvalue weighted by molar-refractivity contribution is 6.52. The molecule has 0 aromatic rings. The predicted octanol–water partition coefficient (Wildman–Crippen LogP) is -2.39. The van der Waals surface area contributed by atoms with Gasteiger partial charge in [0.15, 0.2) is 36.6 Å². The molecule has 0 spiro atoms. The molecule has 94 valence electrons. The van der Waals surface area contributed by atoms with Gasteiger partial charge in [-0.3, -0.25) is 28.8 Å². The van der Waals surface area contributed by atoms with Crippen LogP contribution < -0.4 is 0 Å². The van der Waals surface area contributed by atoms with Gasteiger partial charge in [-0.2, -0.15) is 0 Å². The second-order valence-electron chi connectivity index (χ2n) is 3.74. The molecule has 18 heavy (non-hydrogen) atoms. The van der Waals surface area contributed by atoms with E-state index in [1.165, 1.54) is 0 Å². The van der Waals surface area contributed by atoms with Crippen molar-refractivity contribution < 1.29 is 38.2 Å². The lowest BCUT2D eigenvalue weighted by Crippen LogP contribution is -2.39. The molecule has 2 saturated heterocycles. The maximum absolute atomic E-state index is 11.6. The van der Waals surface area contributed by atoms with Gasteiger partial charge in [-0.1, -0.05) is 0 Å². The van der Waals surface area contributed by atoms with Crippen LogP contribution in [0.1, 0.15) is 0 Å². The van der Waals surface area contributed by atoms with Gasteiger partial charge < -0.3 is 9.47 Å². The lowest BCUT2D eigenvalue weighted by molar-refractivity contribution is -0.154. The standard InChI is InChI=1S/C10H6O8/c11-3-1-17-9(15)5(3)7(13)8(14)6-4(12)2-18-10(6)16/h5-6H,1-2H2. The Morgan fingerprint density at radius 3 is 1.33 bits per heavy atom. The van der Waals surface area contributed by atoms with E-state index in [-0.39, 0.29) is 0 Å². The van der Waals surface area contributed by atoms with E-state index in [0.717, 1.165) is 0 Å². The summed E-state index contributed by atoms with van der Waals surface area (Å²) in [5, 5.41) is 0. The van der Waals surface area contributed by atoms with Crippen LogP contribution in [0.3, 0.4) is 0 Å². The molecule has 2 fully saturated rings. The molecule has 8 heteroatoms. The summed E-state index contributed by atoms with van der Waals surface area (Å²) in [7, 11) is 0. The molecule has 2 unspecified atom stereocenters. The van der Waals surface area contributed by atoms with Gasteiger partial charge in [0.1, 0.15) is 0 Å². The highest BCUT2D eigenvalue weighted by atomic mass is 16.5. The van der Waals surface area contributed by atoms with Crippen LogP contribution in [0.2, 0.25) is 0 Å². The van der Waals surface area contributed by atoms with Gasteiger partial charge in [0.05, 0.1) is 0 Å². The van der Waals surface area contributed by atoms with E-state index in [1.807, 2.05) is 0 Å². The number of ether oxygens (including phenoxy) is 2. The van der Waals surface area contributed by atoms with Crippen molar-refractivity contribution in [2.45, 2.75) is 0 Å². The van der Waals surface area contributed by atoms with Crippen LogP contribution in [0.25, 0.3) is 0 Å². The molecule has 0 aromatic carbocycles. The topological polar surface area (TPSA) is 121 Å². The molecule has 2 heterocycles. The van der Waals surface area contributed by atoms with Crippen molar-refractivity contribution in [3.8, 4) is 0 Å². The van der Waals surface area contributed by atoms with E-state index < -0.39 is 60.1 Å². The number of esters is 2. The highest BCUT2D eigenvalue weighted by Crippen LogP contribution is 2.18. The molecule has 0 radical (unpaired) electrons. The Morgan fingerprint density at radius 1 is 0.778 bits per heavy atom. The second kappa shape index (κ2) is 4.13. The zero-order chi connectivity index (χ0) is 13.4. The fourth-order valence-corrected chi connectivity index (χ4v) is 1.67. The lowest BCUT2D eigenvalue weighted by atomic mass is 9.90. The van der Waals surface area contributed by atoms with Gasteiger partial charge in [0.2, 0.25) is 11.6 Å². The summed E-state index contributed by atoms with van der Waals surface area (Å²) in [6.45, 7) is -1.18. The van der Waals surface area contributed by atoms with Gasteiger partial charge in [-0.25, -0.2) is 0 Å². The molecule has 2 rings (SSSR count). The minimum Gasteiger partial charge on any atom is -0.457 e. The molecule has 0 aliphatic carbocycles. The average Bonchev–Trinajstić information content (AvgIpc) is 2.81. The van der Waals surface area contributed by atoms with Gasteiger partial charge in [0, 0.05) is 0 Å². The van der Waals surface area contributed by atoms with Crippen LogP contribution in [0.4, 0.5) is 0 Å². The summed E-state index contributed by atoms with van der Waals surface area (Å²) in [5.74, 6) is -10.5. The van der Waals surface area contributed by atoms with E-state index in [9.17, 15) is 28.8 Å². The van der Waals surface area contributed by atoms with Crippen LogP contribution in [0.15, 0.2) is 0 Å². The number of hydrogen-bond acceptors (Lipinski definition) is 8. The number of Topliss-reactive ketones (excluding diaryl/α,β-unsaturated/α-hetero) is 4. The molecule has 0 N–H and O–H groups in total. The van der Waals surface area contributed by atoms with Crippen molar-refractivity contribution in [1.82, 2.24) is 0 Å². The SMILES string of the molecule is O=C1COC(=O)C1C(=O)C(=O)C1C(=O)COC1=O. The quantitative estimate of drug-likeness (QED) is 0.310. The monoisotopic (exact) mass is 254 g/mol. The first kappa shape index (κ1) is 12.1. The molecule has 0 bridgehead atoms. The number of rotatable bonds is 3. The first-order valence-electron chi connectivity index (χ1n) is 4.90. The van der Waals surface area contributed by atoms with E-state index in [2.05, 4.69) is 9.47 Å². The first-order valence-corrected chi connectivity index (χ1v) is 4.90. The summed E-state index contributed by atoms with van der Waals surface area (Å²) >= 11 is 0. The molecule has 2 aliphatic rings. The Kier molecular flexibility index (Phi) is 2.77. The van der Waals surface area contributed by atoms with Crippen molar-refractivity contribution in [2.24, 2.45) is 11.8 Å². The molecule has 2 aliphatic heterocycles. The zero-order valence-electron chi connectivity index (χ0n) is 8.83. The number of hydrogen-bond donors (Lipinski definition) is 0. The second-order valence-corrected chi connectivity index (χ2v) is 3.74.